The highest BCUT2D eigenvalue weighted by atomic mass is 19.2. The van der Waals surface area contributed by atoms with Gasteiger partial charge in [-0.05, 0) is 79.8 Å². The highest BCUT2D eigenvalue weighted by Gasteiger charge is 2.29. The average Bonchev–Trinajstić information content (AvgIpc) is 3.05. The zero-order valence-corrected chi connectivity index (χ0v) is 28.0. The lowest BCUT2D eigenvalue weighted by molar-refractivity contribution is -0.0264. The second-order valence-corrected chi connectivity index (χ2v) is 13.5. The summed E-state index contributed by atoms with van der Waals surface area (Å²) in [7, 11) is 0. The number of nitrogens with one attached hydrogen (secondary N) is 1. The number of aromatic nitrogens is 1. The first kappa shape index (κ1) is 34.9. The summed E-state index contributed by atoms with van der Waals surface area (Å²) in [6.45, 7) is 8.63. The van der Waals surface area contributed by atoms with Crippen LogP contribution < -0.4 is 14.8 Å². The Kier molecular flexibility index (Phi) is 10.8. The molecule has 0 bridgehead atoms. The first-order valence-corrected chi connectivity index (χ1v) is 16.5. The number of amides is 2. The minimum absolute atomic E-state index is 0.00651. The van der Waals surface area contributed by atoms with Crippen molar-refractivity contribution in [3.63, 3.8) is 0 Å². The smallest absolute Gasteiger partial charge is 0.272 e. The van der Waals surface area contributed by atoms with Crippen molar-refractivity contribution in [2.75, 3.05) is 26.2 Å². The molecule has 1 N–H and O–H groups in total. The Morgan fingerprint density at radius 2 is 1.31 bits per heavy atom. The van der Waals surface area contributed by atoms with Crippen molar-refractivity contribution in [3.8, 4) is 11.5 Å². The monoisotopic (exact) mass is 662 g/mol. The van der Waals surface area contributed by atoms with Gasteiger partial charge in [0.05, 0.1) is 5.56 Å². The number of likely N-dealkylation sites (tertiary alicyclic amines) is 2. The molecule has 2 amide bonds. The number of piperidine rings is 2. The first-order chi connectivity index (χ1) is 22.7. The zero-order chi connectivity index (χ0) is 34.5. The topological polar surface area (TPSA) is 101 Å². The Morgan fingerprint density at radius 1 is 0.771 bits per heavy atom. The van der Waals surface area contributed by atoms with E-state index in [1.165, 1.54) is 33.9 Å². The third kappa shape index (κ3) is 9.82. The van der Waals surface area contributed by atoms with E-state index >= 15 is 0 Å². The number of Topliss-reactive ketones (excluding diaryl/α,β-unsaturated/α-hetero) is 1. The molecular formula is C37H44F2N4O5. The fraction of sp³-hybridized carbons (Fsp3) is 0.459. The van der Waals surface area contributed by atoms with Crippen LogP contribution in [0.25, 0.3) is 0 Å². The molecule has 2 saturated heterocycles. The van der Waals surface area contributed by atoms with Crippen LogP contribution in [0.15, 0.2) is 66.9 Å². The van der Waals surface area contributed by atoms with Crippen LogP contribution in [0.1, 0.15) is 90.1 Å². The summed E-state index contributed by atoms with van der Waals surface area (Å²) < 4.78 is 37.9. The van der Waals surface area contributed by atoms with Gasteiger partial charge in [0, 0.05) is 84.1 Å². The van der Waals surface area contributed by atoms with Crippen molar-refractivity contribution >= 4 is 17.6 Å². The molecule has 2 fully saturated rings. The predicted molar refractivity (Wildman–Crippen MR) is 177 cm³/mol. The Morgan fingerprint density at radius 3 is 1.83 bits per heavy atom. The molecule has 3 aromatic rings. The van der Waals surface area contributed by atoms with E-state index < -0.39 is 11.7 Å². The molecule has 3 heterocycles. The molecular weight excluding hydrogens is 618 g/mol. The summed E-state index contributed by atoms with van der Waals surface area (Å²) in [5, 5.41) is 3.09. The molecule has 2 aliphatic rings. The summed E-state index contributed by atoms with van der Waals surface area (Å²) >= 11 is 0. The number of nitrogens with zero attached hydrogens (tertiary/aromatic N) is 3. The zero-order valence-electron chi connectivity index (χ0n) is 28.0. The summed E-state index contributed by atoms with van der Waals surface area (Å²) in [6.07, 6.45) is 4.10. The molecule has 0 radical (unpaired) electrons. The van der Waals surface area contributed by atoms with Crippen molar-refractivity contribution in [2.45, 2.75) is 77.7 Å². The van der Waals surface area contributed by atoms with Crippen molar-refractivity contribution in [1.29, 1.82) is 0 Å². The maximum absolute atomic E-state index is 13.7. The van der Waals surface area contributed by atoms with Gasteiger partial charge in [0.1, 0.15) is 17.2 Å². The SMILES string of the molecule is CC(C)(F)Oc1ccc(CN2CCC(NC(=O)c3ccc(C(=O)N4CCC(C(=O)c5ccc(OC(C)(C)F)cc5)CC4)nc3)CC2)cc1. The Balaban J connectivity index is 1.04. The summed E-state index contributed by atoms with van der Waals surface area (Å²) in [4.78, 5) is 47.4. The number of carbonyl (C=O) groups is 3. The number of rotatable bonds is 11. The largest absolute Gasteiger partial charge is 0.459 e. The number of halogens is 2. The van der Waals surface area contributed by atoms with Crippen molar-refractivity contribution in [1.82, 2.24) is 20.1 Å². The van der Waals surface area contributed by atoms with Gasteiger partial charge in [0.15, 0.2) is 5.78 Å². The molecule has 2 aliphatic heterocycles. The van der Waals surface area contributed by atoms with Crippen LogP contribution in [-0.2, 0) is 6.54 Å². The maximum Gasteiger partial charge on any atom is 0.272 e. The number of hydrogen-bond acceptors (Lipinski definition) is 7. The van der Waals surface area contributed by atoms with Crippen LogP contribution in [0.3, 0.4) is 0 Å². The first-order valence-electron chi connectivity index (χ1n) is 16.5. The fourth-order valence-corrected chi connectivity index (χ4v) is 6.07. The van der Waals surface area contributed by atoms with Crippen molar-refractivity contribution in [3.05, 3.63) is 89.2 Å². The van der Waals surface area contributed by atoms with E-state index in [9.17, 15) is 23.2 Å². The van der Waals surface area contributed by atoms with E-state index in [0.717, 1.165) is 38.0 Å². The summed E-state index contributed by atoms with van der Waals surface area (Å²) in [5.41, 5.74) is 2.29. The van der Waals surface area contributed by atoms with Crippen LogP contribution in [0.2, 0.25) is 0 Å². The molecule has 256 valence electrons. The molecule has 0 atom stereocenters. The third-order valence-corrected chi connectivity index (χ3v) is 8.51. The van der Waals surface area contributed by atoms with Gasteiger partial charge in [0.2, 0.25) is 11.7 Å². The van der Waals surface area contributed by atoms with Crippen LogP contribution in [0.5, 0.6) is 11.5 Å². The van der Waals surface area contributed by atoms with Crippen LogP contribution in [-0.4, -0.2) is 76.3 Å². The predicted octanol–water partition coefficient (Wildman–Crippen LogP) is 6.38. The minimum atomic E-state index is -1.81. The van der Waals surface area contributed by atoms with Gasteiger partial charge in [-0.1, -0.05) is 12.1 Å². The van der Waals surface area contributed by atoms with Crippen molar-refractivity contribution < 1.29 is 32.6 Å². The number of pyridine rings is 1. The molecule has 9 nitrogen and oxygen atoms in total. The quantitative estimate of drug-likeness (QED) is 0.238. The van der Waals surface area contributed by atoms with Gasteiger partial charge < -0.3 is 19.7 Å². The van der Waals surface area contributed by atoms with E-state index in [0.29, 0.717) is 48.6 Å². The Labute approximate surface area is 280 Å². The lowest BCUT2D eigenvalue weighted by Crippen LogP contribution is -2.44. The van der Waals surface area contributed by atoms with Gasteiger partial charge in [-0.15, -0.1) is 0 Å². The van der Waals surface area contributed by atoms with E-state index in [4.69, 9.17) is 9.47 Å². The maximum atomic E-state index is 13.7. The molecule has 0 aliphatic carbocycles. The Bertz CT molecular complexity index is 1550. The molecule has 0 saturated carbocycles. The molecule has 0 unspecified atom stereocenters. The minimum Gasteiger partial charge on any atom is -0.459 e. The van der Waals surface area contributed by atoms with Crippen LogP contribution in [0, 0.1) is 5.92 Å². The van der Waals surface area contributed by atoms with E-state index in [1.54, 1.807) is 53.4 Å². The fourth-order valence-electron chi connectivity index (χ4n) is 6.07. The molecule has 2 aromatic carbocycles. The number of alkyl halides is 2. The number of ether oxygens (including phenoxy) is 2. The highest BCUT2D eigenvalue weighted by molar-refractivity contribution is 5.99. The standard InChI is InChI=1S/C37H44F2N4O5/c1-36(2,38)47-30-10-5-25(6-11-30)24-42-19-17-29(18-20-42)41-34(45)28-9-14-32(40-23-28)35(46)43-21-15-27(16-22-43)33(44)26-7-12-31(13-8-26)48-37(3,4)39/h5-14,23,27,29H,15-22,24H2,1-4H3,(H,41,45). The summed E-state index contributed by atoms with van der Waals surface area (Å²) in [6, 6.07) is 17.1. The third-order valence-electron chi connectivity index (χ3n) is 8.51. The van der Waals surface area contributed by atoms with E-state index in [-0.39, 0.29) is 35.3 Å². The van der Waals surface area contributed by atoms with Gasteiger partial charge >= 0.3 is 0 Å². The molecule has 11 heteroatoms. The lowest BCUT2D eigenvalue weighted by Gasteiger charge is -2.32. The van der Waals surface area contributed by atoms with Gasteiger partial charge in [-0.2, -0.15) is 8.78 Å². The second-order valence-electron chi connectivity index (χ2n) is 13.5. The number of hydrogen-bond donors (Lipinski definition) is 1. The van der Waals surface area contributed by atoms with E-state index in [1.807, 2.05) is 12.1 Å². The average molecular weight is 663 g/mol. The molecule has 1 aromatic heterocycles. The van der Waals surface area contributed by atoms with Gasteiger partial charge in [0.25, 0.3) is 11.8 Å². The molecule has 5 rings (SSSR count). The van der Waals surface area contributed by atoms with Crippen LogP contribution in [0.4, 0.5) is 8.78 Å². The molecule has 0 spiro atoms. The number of carbonyl (C=O) groups excluding carboxylic acids is 3. The van der Waals surface area contributed by atoms with Gasteiger partial charge in [-0.3, -0.25) is 24.3 Å². The Hall–Kier alpha value is -4.38. The van der Waals surface area contributed by atoms with E-state index in [2.05, 4.69) is 15.2 Å². The summed E-state index contributed by atoms with van der Waals surface area (Å²) in [5.74, 6) is -3.37. The number of benzene rings is 2. The normalized spacial score (nSPS) is 16.8. The highest BCUT2D eigenvalue weighted by Crippen LogP contribution is 2.26. The molecule has 48 heavy (non-hydrogen) atoms. The lowest BCUT2D eigenvalue weighted by atomic mass is 9.88. The van der Waals surface area contributed by atoms with Crippen molar-refractivity contribution in [2.24, 2.45) is 5.92 Å². The van der Waals surface area contributed by atoms with Gasteiger partial charge in [-0.25, -0.2) is 0 Å². The second kappa shape index (κ2) is 14.8. The van der Waals surface area contributed by atoms with Crippen LogP contribution >= 0.6 is 0 Å². The number of ketones is 1.